The van der Waals surface area contributed by atoms with Gasteiger partial charge in [0.1, 0.15) is 11.4 Å². The van der Waals surface area contributed by atoms with E-state index in [4.69, 9.17) is 22.4 Å². The number of carbonyl (C=O) groups is 1. The standard InChI is InChI=1S/C15H21O3S.CHF3O3S/c1-15(2,3)18-14(16)17-12-9-10-19(11-12)13-7-5-4-6-8-13;2-1(3,4)8(5,6)7/h4-8,12H,9-11H2,1-3H3;(H,5,6,7)/q+1;/p-1. The quantitative estimate of drug-likeness (QED) is 0.309. The van der Waals surface area contributed by atoms with E-state index in [0.29, 0.717) is 0 Å². The summed E-state index contributed by atoms with van der Waals surface area (Å²) in [6, 6.07) is 10.4. The van der Waals surface area contributed by atoms with E-state index in [-0.39, 0.29) is 17.0 Å². The first-order chi connectivity index (χ1) is 12.2. The number of alkyl halides is 3. The zero-order valence-corrected chi connectivity index (χ0v) is 16.6. The van der Waals surface area contributed by atoms with Gasteiger partial charge in [0, 0.05) is 17.3 Å². The van der Waals surface area contributed by atoms with Gasteiger partial charge in [0.2, 0.25) is 0 Å². The largest absolute Gasteiger partial charge is 0.741 e. The fourth-order valence-corrected chi connectivity index (χ4v) is 4.36. The molecule has 1 heterocycles. The van der Waals surface area contributed by atoms with Crippen LogP contribution in [0.4, 0.5) is 18.0 Å². The summed E-state index contributed by atoms with van der Waals surface area (Å²) in [5.41, 5.74) is -6.14. The van der Waals surface area contributed by atoms with Gasteiger partial charge in [0.15, 0.2) is 26.9 Å². The van der Waals surface area contributed by atoms with Gasteiger partial charge in [-0.2, -0.15) is 13.2 Å². The lowest BCUT2D eigenvalue weighted by atomic mass is 10.2. The molecule has 0 saturated carbocycles. The van der Waals surface area contributed by atoms with Gasteiger partial charge >= 0.3 is 11.7 Å². The number of ether oxygens (including phenoxy) is 2. The molecule has 0 radical (unpaired) electrons. The average Bonchev–Trinajstić information content (AvgIpc) is 2.93. The molecule has 0 N–H and O–H groups in total. The van der Waals surface area contributed by atoms with E-state index in [1.807, 2.05) is 26.8 Å². The average molecular weight is 430 g/mol. The van der Waals surface area contributed by atoms with E-state index in [9.17, 15) is 18.0 Å². The molecule has 6 nitrogen and oxygen atoms in total. The third-order valence-electron chi connectivity index (χ3n) is 3.09. The van der Waals surface area contributed by atoms with Crippen molar-refractivity contribution in [3.8, 4) is 0 Å². The molecule has 1 fully saturated rings. The van der Waals surface area contributed by atoms with Crippen LogP contribution in [0.3, 0.4) is 0 Å². The van der Waals surface area contributed by atoms with Gasteiger partial charge in [0.25, 0.3) is 0 Å². The van der Waals surface area contributed by atoms with E-state index >= 15 is 0 Å². The molecule has 1 aromatic rings. The van der Waals surface area contributed by atoms with E-state index in [2.05, 4.69) is 24.3 Å². The molecule has 0 bridgehead atoms. The Labute approximate surface area is 159 Å². The minimum Gasteiger partial charge on any atom is -0.741 e. The summed E-state index contributed by atoms with van der Waals surface area (Å²) in [5.74, 6) is 2.01. The molecule has 1 aromatic carbocycles. The number of rotatable bonds is 2. The molecule has 0 spiro atoms. The molecular weight excluding hydrogens is 409 g/mol. The highest BCUT2D eigenvalue weighted by molar-refractivity contribution is 7.97. The van der Waals surface area contributed by atoms with Gasteiger partial charge in [-0.1, -0.05) is 18.2 Å². The van der Waals surface area contributed by atoms with Crippen LogP contribution in [-0.4, -0.2) is 47.8 Å². The molecular formula is C16H21F3O6S2. The lowest BCUT2D eigenvalue weighted by Gasteiger charge is -2.19. The van der Waals surface area contributed by atoms with E-state index in [1.165, 1.54) is 4.90 Å². The first-order valence-corrected chi connectivity index (χ1v) is 10.8. The molecule has 0 amide bonds. The molecule has 1 saturated heterocycles. The summed E-state index contributed by atoms with van der Waals surface area (Å²) >= 11 is 0. The number of halogens is 3. The second-order valence-corrected chi connectivity index (χ2v) is 10.1. The molecule has 1 aliphatic rings. The Kier molecular flexibility index (Phi) is 8.00. The maximum absolute atomic E-state index is 11.6. The third kappa shape index (κ3) is 8.85. The van der Waals surface area contributed by atoms with Gasteiger partial charge < -0.3 is 14.0 Å². The number of hydrogen-bond acceptors (Lipinski definition) is 6. The van der Waals surface area contributed by atoms with Crippen LogP contribution in [0.15, 0.2) is 35.2 Å². The Bertz CT molecular complexity index is 714. The minimum atomic E-state index is -6.09. The van der Waals surface area contributed by atoms with Crippen LogP contribution in [-0.2, 0) is 30.5 Å². The van der Waals surface area contributed by atoms with Crippen LogP contribution >= 0.6 is 0 Å². The van der Waals surface area contributed by atoms with Gasteiger partial charge in [-0.3, -0.25) is 0 Å². The van der Waals surface area contributed by atoms with Gasteiger partial charge in [0.05, 0.1) is 0 Å². The molecule has 154 valence electrons. The van der Waals surface area contributed by atoms with Crippen molar-refractivity contribution in [2.75, 3.05) is 11.5 Å². The molecule has 27 heavy (non-hydrogen) atoms. The zero-order chi connectivity index (χ0) is 20.9. The Balaban J connectivity index is 0.000000387. The van der Waals surface area contributed by atoms with Crippen molar-refractivity contribution in [3.63, 3.8) is 0 Å². The topological polar surface area (TPSA) is 92.7 Å². The highest BCUT2D eigenvalue weighted by Crippen LogP contribution is 2.25. The van der Waals surface area contributed by atoms with Crippen molar-refractivity contribution in [3.05, 3.63) is 30.3 Å². The summed E-state index contributed by atoms with van der Waals surface area (Å²) in [4.78, 5) is 13.0. The summed E-state index contributed by atoms with van der Waals surface area (Å²) in [7, 11) is -5.88. The third-order valence-corrected chi connectivity index (χ3v) is 6.09. The summed E-state index contributed by atoms with van der Waals surface area (Å²) in [5, 5.41) is 0. The zero-order valence-electron chi connectivity index (χ0n) is 15.0. The molecule has 1 aliphatic heterocycles. The minimum absolute atomic E-state index is 0.00149. The monoisotopic (exact) mass is 430 g/mol. The fourth-order valence-electron chi connectivity index (χ4n) is 1.99. The van der Waals surface area contributed by atoms with E-state index < -0.39 is 27.4 Å². The van der Waals surface area contributed by atoms with Crippen molar-refractivity contribution >= 4 is 27.2 Å². The second-order valence-electron chi connectivity index (χ2n) is 6.57. The van der Waals surface area contributed by atoms with E-state index in [1.54, 1.807) is 0 Å². The molecule has 0 aromatic heterocycles. The maximum Gasteiger partial charge on any atom is 0.509 e. The second kappa shape index (κ2) is 9.16. The number of carbonyl (C=O) groups excluding carboxylic acids is 1. The van der Waals surface area contributed by atoms with E-state index in [0.717, 1.165) is 17.9 Å². The van der Waals surface area contributed by atoms with Crippen LogP contribution in [0.2, 0.25) is 0 Å². The Hall–Kier alpha value is -1.46. The Morgan fingerprint density at radius 3 is 2.15 bits per heavy atom. The first-order valence-electron chi connectivity index (χ1n) is 7.83. The van der Waals surface area contributed by atoms with Gasteiger partial charge in [-0.15, -0.1) is 0 Å². The van der Waals surface area contributed by atoms with Crippen LogP contribution in [0, 0.1) is 0 Å². The molecule has 2 unspecified atom stereocenters. The van der Waals surface area contributed by atoms with Crippen LogP contribution < -0.4 is 0 Å². The first kappa shape index (κ1) is 23.6. The summed E-state index contributed by atoms with van der Waals surface area (Å²) in [6.45, 7) is 5.53. The van der Waals surface area contributed by atoms with Gasteiger partial charge in [-0.05, 0) is 32.9 Å². The number of hydrogen-bond donors (Lipinski definition) is 0. The molecule has 2 atom stereocenters. The lowest BCUT2D eigenvalue weighted by molar-refractivity contribution is -0.0518. The Morgan fingerprint density at radius 1 is 1.19 bits per heavy atom. The Morgan fingerprint density at radius 2 is 1.70 bits per heavy atom. The van der Waals surface area contributed by atoms with Crippen molar-refractivity contribution in [2.45, 2.75) is 49.3 Å². The lowest BCUT2D eigenvalue weighted by Crippen LogP contribution is -2.28. The molecule has 0 aliphatic carbocycles. The fraction of sp³-hybridized carbons (Fsp3) is 0.562. The van der Waals surface area contributed by atoms with Crippen LogP contribution in [0.1, 0.15) is 27.2 Å². The van der Waals surface area contributed by atoms with Crippen LogP contribution in [0.5, 0.6) is 0 Å². The highest BCUT2D eigenvalue weighted by atomic mass is 32.2. The summed E-state index contributed by atoms with van der Waals surface area (Å²) < 4.78 is 69.5. The van der Waals surface area contributed by atoms with Crippen molar-refractivity contribution in [2.24, 2.45) is 0 Å². The predicted molar refractivity (Wildman–Crippen MR) is 93.3 cm³/mol. The highest BCUT2D eigenvalue weighted by Gasteiger charge is 2.38. The summed E-state index contributed by atoms with van der Waals surface area (Å²) in [6.07, 6.45) is 0.381. The molecule has 2 rings (SSSR count). The van der Waals surface area contributed by atoms with Crippen molar-refractivity contribution in [1.82, 2.24) is 0 Å². The van der Waals surface area contributed by atoms with Crippen LogP contribution in [0.25, 0.3) is 0 Å². The molecule has 11 heteroatoms. The predicted octanol–water partition coefficient (Wildman–Crippen LogP) is 3.44. The SMILES string of the molecule is CC(C)(C)OC(=O)OC1CC[S+](c2ccccc2)C1.O=S(=O)([O-])C(F)(F)F. The van der Waals surface area contributed by atoms with Gasteiger partial charge in [-0.25, -0.2) is 13.2 Å². The maximum atomic E-state index is 11.6. The number of benzene rings is 1. The smallest absolute Gasteiger partial charge is 0.509 e. The normalized spacial score (nSPS) is 20.4. The van der Waals surface area contributed by atoms with Crippen molar-refractivity contribution in [1.29, 1.82) is 0 Å². The van der Waals surface area contributed by atoms with Crippen molar-refractivity contribution < 1.29 is 40.4 Å².